The Labute approximate surface area is 66.8 Å². The van der Waals surface area contributed by atoms with Gasteiger partial charge in [0.2, 0.25) is 0 Å². The fourth-order valence-electron chi connectivity index (χ4n) is 0. The van der Waals surface area contributed by atoms with Gasteiger partial charge in [-0.2, -0.15) is 0 Å². The molecule has 0 N–H and O–H groups in total. The first kappa shape index (κ1) is 9.72. The summed E-state index contributed by atoms with van der Waals surface area (Å²) in [5.41, 5.74) is 0. The van der Waals surface area contributed by atoms with Crippen molar-refractivity contribution in [2.75, 3.05) is 0 Å². The van der Waals surface area contributed by atoms with Crippen LogP contribution in [-0.2, 0) is 22.1 Å². The van der Waals surface area contributed by atoms with Gasteiger partial charge >= 0.3 is 68.2 Å². The van der Waals surface area contributed by atoms with Crippen molar-refractivity contribution in [2.24, 2.45) is 0 Å². The van der Waals surface area contributed by atoms with E-state index >= 15 is 0 Å². The molecule has 0 rings (SSSR count). The van der Waals surface area contributed by atoms with Crippen LogP contribution in [0.5, 0.6) is 0 Å². The average Bonchev–Trinajstić information content (AvgIpc) is 0.918. The molecule has 0 saturated carbocycles. The Morgan fingerprint density at radius 1 is 1.25 bits per heavy atom. The Kier molecular flexibility index (Phi) is 22.1. The van der Waals surface area contributed by atoms with Crippen LogP contribution in [0.3, 0.4) is 0 Å². The standard InChI is InChI=1S/2ClH.Hg.Na.H/h2*1H;;;/q;;+2;;/p-2. The molecule has 0 radical (unpaired) electrons. The summed E-state index contributed by atoms with van der Waals surface area (Å²) in [6.45, 7) is 0. The molecule has 0 aliphatic heterocycles. The number of halogens is 2. The fourth-order valence-corrected chi connectivity index (χ4v) is 0. The van der Waals surface area contributed by atoms with Gasteiger partial charge in [0.05, 0.1) is 0 Å². The maximum absolute atomic E-state index is 4.99. The SMILES string of the molecule is [Cl][Hg][Cl].[NaH]. The molecule has 0 aromatic rings. The normalized spacial score (nSPS) is 2.50. The van der Waals surface area contributed by atoms with Gasteiger partial charge in [0, 0.05) is 0 Å². The van der Waals surface area contributed by atoms with Crippen LogP contribution in [0.4, 0.5) is 0 Å². The van der Waals surface area contributed by atoms with Gasteiger partial charge in [-0.05, 0) is 0 Å². The van der Waals surface area contributed by atoms with Gasteiger partial charge in [-0.1, -0.05) is 0 Å². The molecule has 0 amide bonds. The van der Waals surface area contributed by atoms with Gasteiger partial charge in [0.15, 0.2) is 0 Å². The van der Waals surface area contributed by atoms with E-state index in [-0.39, 0.29) is 29.6 Å². The molecule has 0 nitrogen and oxygen atoms in total. The first-order valence-corrected chi connectivity index (χ1v) is 14.1. The monoisotopic (exact) mass is 296 g/mol. The van der Waals surface area contributed by atoms with E-state index in [1.54, 1.807) is 0 Å². The van der Waals surface area contributed by atoms with Crippen LogP contribution in [0.1, 0.15) is 0 Å². The van der Waals surface area contributed by atoms with Crippen molar-refractivity contribution in [1.82, 2.24) is 0 Å². The quantitative estimate of drug-likeness (QED) is 0.578. The van der Waals surface area contributed by atoms with Crippen molar-refractivity contribution >= 4 is 46.1 Å². The van der Waals surface area contributed by atoms with Gasteiger partial charge in [0.25, 0.3) is 0 Å². The summed E-state index contributed by atoms with van der Waals surface area (Å²) < 4.78 is 0. The predicted molar refractivity (Wildman–Crippen MR) is 18.9 cm³/mol. The zero-order chi connectivity index (χ0) is 2.71. The zero-order valence-electron chi connectivity index (χ0n) is 1.46. The third kappa shape index (κ3) is 8.82. The first-order chi connectivity index (χ1) is 1.41. The number of hydrogen-bond acceptors (Lipinski definition) is 0. The molecule has 4 heavy (non-hydrogen) atoms. The number of hydrogen-bond donors (Lipinski definition) is 0. The molecule has 0 aromatic heterocycles. The zero-order valence-corrected chi connectivity index (χ0v) is 8.47. The Morgan fingerprint density at radius 2 is 1.25 bits per heavy atom. The van der Waals surface area contributed by atoms with Crippen molar-refractivity contribution in [2.45, 2.75) is 0 Å². The summed E-state index contributed by atoms with van der Waals surface area (Å²) in [5.74, 6) is 0. The molecule has 0 bridgehead atoms. The molecular formula is HCl2HgNa. The molecule has 0 heterocycles. The molecule has 0 unspecified atom stereocenters. The van der Waals surface area contributed by atoms with Gasteiger partial charge < -0.3 is 0 Å². The molecule has 0 saturated heterocycles. The molecule has 18 valence electrons. The summed E-state index contributed by atoms with van der Waals surface area (Å²) >= 11 is -1.14. The van der Waals surface area contributed by atoms with Gasteiger partial charge in [-0.25, -0.2) is 0 Å². The molecule has 0 aliphatic carbocycles. The third-order valence-corrected chi connectivity index (χ3v) is 0. The van der Waals surface area contributed by atoms with E-state index in [0.717, 1.165) is 0 Å². The van der Waals surface area contributed by atoms with Crippen molar-refractivity contribution in [3.05, 3.63) is 0 Å². The Morgan fingerprint density at radius 3 is 1.25 bits per heavy atom. The summed E-state index contributed by atoms with van der Waals surface area (Å²) in [5, 5.41) is 0. The number of rotatable bonds is 0. The molecule has 0 aromatic carbocycles. The summed E-state index contributed by atoms with van der Waals surface area (Å²) in [6, 6.07) is 0. The molecule has 4 heteroatoms. The Balaban J connectivity index is 0. The van der Waals surface area contributed by atoms with Crippen LogP contribution in [-0.4, -0.2) is 29.6 Å². The molecule has 0 aliphatic rings. The van der Waals surface area contributed by atoms with E-state index in [1.807, 2.05) is 0 Å². The van der Waals surface area contributed by atoms with Gasteiger partial charge in [0.1, 0.15) is 0 Å². The van der Waals surface area contributed by atoms with Gasteiger partial charge in [-0.15, -0.1) is 0 Å². The van der Waals surface area contributed by atoms with Crippen molar-refractivity contribution in [3.63, 3.8) is 0 Å². The first-order valence-electron chi connectivity index (χ1n) is 0.535. The van der Waals surface area contributed by atoms with E-state index in [4.69, 9.17) is 16.5 Å². The predicted octanol–water partition coefficient (Wildman–Crippen LogP) is 0.728. The van der Waals surface area contributed by atoms with Crippen LogP contribution in [0.15, 0.2) is 0 Å². The molecular weight excluding hydrogens is 294 g/mol. The second-order valence-electron chi connectivity index (χ2n) is 0.101. The summed E-state index contributed by atoms with van der Waals surface area (Å²) in [7, 11) is 9.97. The molecule has 0 fully saturated rings. The summed E-state index contributed by atoms with van der Waals surface area (Å²) in [4.78, 5) is 0. The topological polar surface area (TPSA) is 0 Å². The van der Waals surface area contributed by atoms with Crippen molar-refractivity contribution < 1.29 is 22.1 Å². The second-order valence-corrected chi connectivity index (χ2v) is 7.98. The van der Waals surface area contributed by atoms with Crippen molar-refractivity contribution in [1.29, 1.82) is 0 Å². The van der Waals surface area contributed by atoms with Crippen LogP contribution in [0.25, 0.3) is 0 Å². The van der Waals surface area contributed by atoms with Crippen LogP contribution in [0, 0.1) is 0 Å². The van der Waals surface area contributed by atoms with Crippen molar-refractivity contribution in [3.8, 4) is 0 Å². The Hall–Kier alpha value is 2.52. The average molecular weight is 295 g/mol. The van der Waals surface area contributed by atoms with Crippen LogP contribution < -0.4 is 0 Å². The minimum absolute atomic E-state index is 0. The van der Waals surface area contributed by atoms with E-state index in [1.165, 1.54) is 0 Å². The Bertz CT molecular complexity index is 6.00. The van der Waals surface area contributed by atoms with Crippen LogP contribution >= 0.6 is 16.5 Å². The molecule has 0 atom stereocenters. The van der Waals surface area contributed by atoms with E-state index in [9.17, 15) is 0 Å². The minimum atomic E-state index is -1.14. The van der Waals surface area contributed by atoms with Gasteiger partial charge in [-0.3, -0.25) is 0 Å². The van der Waals surface area contributed by atoms with E-state index < -0.39 is 22.1 Å². The second kappa shape index (κ2) is 9.10. The maximum atomic E-state index is 4.99. The van der Waals surface area contributed by atoms with Crippen LogP contribution in [0.2, 0.25) is 0 Å². The summed E-state index contributed by atoms with van der Waals surface area (Å²) in [6.07, 6.45) is 0. The van der Waals surface area contributed by atoms with E-state index in [2.05, 4.69) is 0 Å². The van der Waals surface area contributed by atoms with E-state index in [0.29, 0.717) is 0 Å². The third-order valence-electron chi connectivity index (χ3n) is 0. The fraction of sp³-hybridized carbons (Fsp3) is 0. The molecule has 0 spiro atoms.